The van der Waals surface area contributed by atoms with Crippen LogP contribution in [0.15, 0.2) is 46.0 Å². The van der Waals surface area contributed by atoms with E-state index in [4.69, 9.17) is 4.74 Å². The highest BCUT2D eigenvalue weighted by Crippen LogP contribution is 2.34. The summed E-state index contributed by atoms with van der Waals surface area (Å²) in [6, 6.07) is 8.45. The normalized spacial score (nSPS) is 10.7. The molecular weight excluding hydrogens is 355 g/mol. The largest absolute Gasteiger partial charge is 0.503 e. The third kappa shape index (κ3) is 3.82. The first-order chi connectivity index (χ1) is 10.5. The average Bonchev–Trinajstić information content (AvgIpc) is 2.50. The molecule has 0 fully saturated rings. The van der Waals surface area contributed by atoms with E-state index in [0.717, 1.165) is 6.07 Å². The average molecular weight is 367 g/mol. The van der Waals surface area contributed by atoms with Crippen LogP contribution in [0, 0.1) is 5.82 Å². The van der Waals surface area contributed by atoms with Gasteiger partial charge in [-0.2, -0.15) is 5.10 Å². The summed E-state index contributed by atoms with van der Waals surface area (Å²) in [7, 11) is 1.42. The number of phenols is 1. The second kappa shape index (κ2) is 7.04. The second-order valence-corrected chi connectivity index (χ2v) is 5.12. The smallest absolute Gasteiger partial charge is 0.271 e. The van der Waals surface area contributed by atoms with Crippen LogP contribution < -0.4 is 10.2 Å². The standard InChI is InChI=1S/C15H12BrFN2O3/c1-22-13-6-9(5-12(16)14(13)20)8-18-19-15(21)10-3-2-4-11(17)7-10/h2-8,20H,1H3,(H,19,21)/b18-8+. The molecular formula is C15H12BrFN2O3. The summed E-state index contributed by atoms with van der Waals surface area (Å²) in [5.74, 6) is -0.778. The maximum Gasteiger partial charge on any atom is 0.271 e. The molecule has 2 aromatic carbocycles. The van der Waals surface area contributed by atoms with Gasteiger partial charge in [0.15, 0.2) is 11.5 Å². The van der Waals surface area contributed by atoms with E-state index >= 15 is 0 Å². The number of carbonyl (C=O) groups is 1. The Morgan fingerprint density at radius 1 is 1.41 bits per heavy atom. The molecule has 0 radical (unpaired) electrons. The van der Waals surface area contributed by atoms with Crippen LogP contribution in [-0.2, 0) is 0 Å². The molecule has 0 heterocycles. The number of phenolic OH excluding ortho intramolecular Hbond substituents is 1. The summed E-state index contributed by atoms with van der Waals surface area (Å²) in [5.41, 5.74) is 3.06. The van der Waals surface area contributed by atoms with Crippen molar-refractivity contribution in [1.82, 2.24) is 5.43 Å². The molecule has 0 bridgehead atoms. The maximum absolute atomic E-state index is 13.0. The number of aromatic hydroxyl groups is 1. The van der Waals surface area contributed by atoms with Gasteiger partial charge >= 0.3 is 0 Å². The van der Waals surface area contributed by atoms with Gasteiger partial charge in [0.2, 0.25) is 0 Å². The van der Waals surface area contributed by atoms with Gasteiger partial charge in [-0.3, -0.25) is 4.79 Å². The van der Waals surface area contributed by atoms with Crippen molar-refractivity contribution in [1.29, 1.82) is 0 Å². The first-order valence-corrected chi connectivity index (χ1v) is 6.96. The van der Waals surface area contributed by atoms with Crippen LogP contribution in [0.1, 0.15) is 15.9 Å². The zero-order chi connectivity index (χ0) is 16.1. The van der Waals surface area contributed by atoms with Crippen molar-refractivity contribution >= 4 is 28.1 Å². The predicted molar refractivity (Wildman–Crippen MR) is 83.8 cm³/mol. The molecule has 114 valence electrons. The van der Waals surface area contributed by atoms with E-state index in [-0.39, 0.29) is 17.1 Å². The van der Waals surface area contributed by atoms with Crippen molar-refractivity contribution < 1.29 is 19.0 Å². The van der Waals surface area contributed by atoms with Crippen LogP contribution in [0.25, 0.3) is 0 Å². The molecule has 22 heavy (non-hydrogen) atoms. The third-order valence-electron chi connectivity index (χ3n) is 2.74. The molecule has 0 aliphatic carbocycles. The molecule has 0 aliphatic rings. The van der Waals surface area contributed by atoms with Crippen LogP contribution in [0.3, 0.4) is 0 Å². The number of rotatable bonds is 4. The maximum atomic E-state index is 13.0. The minimum atomic E-state index is -0.527. The van der Waals surface area contributed by atoms with Crippen LogP contribution in [0.4, 0.5) is 4.39 Å². The Hall–Kier alpha value is -2.41. The summed E-state index contributed by atoms with van der Waals surface area (Å²) in [4.78, 5) is 11.8. The van der Waals surface area contributed by atoms with E-state index in [9.17, 15) is 14.3 Å². The van der Waals surface area contributed by atoms with Crippen molar-refractivity contribution in [3.05, 3.63) is 57.8 Å². The molecule has 1 amide bonds. The third-order valence-corrected chi connectivity index (χ3v) is 3.34. The van der Waals surface area contributed by atoms with E-state index in [0.29, 0.717) is 10.0 Å². The molecule has 2 rings (SSSR count). The van der Waals surface area contributed by atoms with E-state index in [1.165, 1.54) is 31.5 Å². The Bertz CT molecular complexity index is 735. The molecule has 0 aromatic heterocycles. The number of ether oxygens (including phenoxy) is 1. The number of hydrogen-bond acceptors (Lipinski definition) is 4. The van der Waals surface area contributed by atoms with Crippen LogP contribution in [-0.4, -0.2) is 24.3 Å². The summed E-state index contributed by atoms with van der Waals surface area (Å²) in [6.07, 6.45) is 1.38. The summed E-state index contributed by atoms with van der Waals surface area (Å²) >= 11 is 3.18. The second-order valence-electron chi connectivity index (χ2n) is 4.26. The van der Waals surface area contributed by atoms with Gasteiger partial charge in [0, 0.05) is 5.56 Å². The first kappa shape index (κ1) is 16.0. The van der Waals surface area contributed by atoms with Crippen LogP contribution >= 0.6 is 15.9 Å². The summed E-state index contributed by atoms with van der Waals surface area (Å²) < 4.78 is 18.5. The lowest BCUT2D eigenvalue weighted by Gasteiger charge is -2.06. The molecule has 0 unspecified atom stereocenters. The van der Waals surface area contributed by atoms with Gasteiger partial charge in [0.25, 0.3) is 5.91 Å². The molecule has 0 spiro atoms. The molecule has 2 aromatic rings. The van der Waals surface area contributed by atoms with Crippen molar-refractivity contribution in [3.63, 3.8) is 0 Å². The van der Waals surface area contributed by atoms with Gasteiger partial charge in [-0.05, 0) is 51.8 Å². The topological polar surface area (TPSA) is 70.9 Å². The molecule has 0 saturated carbocycles. The monoisotopic (exact) mass is 366 g/mol. The van der Waals surface area contributed by atoms with E-state index < -0.39 is 11.7 Å². The highest BCUT2D eigenvalue weighted by molar-refractivity contribution is 9.10. The van der Waals surface area contributed by atoms with Gasteiger partial charge in [-0.15, -0.1) is 0 Å². The molecule has 5 nitrogen and oxygen atoms in total. The molecule has 0 saturated heterocycles. The Morgan fingerprint density at radius 2 is 2.18 bits per heavy atom. The van der Waals surface area contributed by atoms with Crippen molar-refractivity contribution in [3.8, 4) is 11.5 Å². The predicted octanol–water partition coefficient (Wildman–Crippen LogP) is 3.07. The zero-order valence-corrected chi connectivity index (χ0v) is 13.1. The fourth-order valence-corrected chi connectivity index (χ4v) is 2.14. The number of methoxy groups -OCH3 is 1. The molecule has 0 aliphatic heterocycles. The number of hydrogen-bond donors (Lipinski definition) is 2. The lowest BCUT2D eigenvalue weighted by Crippen LogP contribution is -2.17. The van der Waals surface area contributed by atoms with Gasteiger partial charge in [0.1, 0.15) is 5.82 Å². The minimum Gasteiger partial charge on any atom is -0.503 e. The fourth-order valence-electron chi connectivity index (χ4n) is 1.68. The molecule has 7 heteroatoms. The number of carbonyl (C=O) groups excluding carboxylic acids is 1. The zero-order valence-electron chi connectivity index (χ0n) is 11.5. The lowest BCUT2D eigenvalue weighted by molar-refractivity contribution is 0.0954. The Balaban J connectivity index is 2.10. The highest BCUT2D eigenvalue weighted by atomic mass is 79.9. The number of hydrazone groups is 1. The van der Waals surface area contributed by atoms with E-state index in [2.05, 4.69) is 26.5 Å². The minimum absolute atomic E-state index is 0.0246. The number of amides is 1. The molecule has 0 atom stereocenters. The highest BCUT2D eigenvalue weighted by Gasteiger charge is 2.08. The lowest BCUT2D eigenvalue weighted by atomic mass is 10.2. The van der Waals surface area contributed by atoms with E-state index in [1.54, 1.807) is 12.1 Å². The van der Waals surface area contributed by atoms with Crippen molar-refractivity contribution in [2.24, 2.45) is 5.10 Å². The summed E-state index contributed by atoms with van der Waals surface area (Å²) in [6.45, 7) is 0. The number of halogens is 2. The Labute approximate surface area is 134 Å². The van der Waals surface area contributed by atoms with Gasteiger partial charge < -0.3 is 9.84 Å². The summed E-state index contributed by atoms with van der Waals surface area (Å²) in [5, 5.41) is 13.5. The van der Waals surface area contributed by atoms with Crippen LogP contribution in [0.2, 0.25) is 0 Å². The Morgan fingerprint density at radius 3 is 2.86 bits per heavy atom. The van der Waals surface area contributed by atoms with E-state index in [1.807, 2.05) is 0 Å². The quantitative estimate of drug-likeness (QED) is 0.645. The molecule has 2 N–H and O–H groups in total. The first-order valence-electron chi connectivity index (χ1n) is 6.16. The van der Waals surface area contributed by atoms with Gasteiger partial charge in [0.05, 0.1) is 17.8 Å². The van der Waals surface area contributed by atoms with Crippen molar-refractivity contribution in [2.75, 3.05) is 7.11 Å². The number of benzene rings is 2. The fraction of sp³-hybridized carbons (Fsp3) is 0.0667. The van der Waals surface area contributed by atoms with Gasteiger partial charge in [-0.25, -0.2) is 9.82 Å². The SMILES string of the molecule is COc1cc(/C=N/NC(=O)c2cccc(F)c2)cc(Br)c1O. The van der Waals surface area contributed by atoms with Crippen molar-refractivity contribution in [2.45, 2.75) is 0 Å². The number of nitrogens with zero attached hydrogens (tertiary/aromatic N) is 1. The van der Waals surface area contributed by atoms with Gasteiger partial charge in [-0.1, -0.05) is 6.07 Å². The Kier molecular flexibility index (Phi) is 5.11. The number of nitrogens with one attached hydrogen (secondary N) is 1. The van der Waals surface area contributed by atoms with Crippen LogP contribution in [0.5, 0.6) is 11.5 Å².